The fourth-order valence-corrected chi connectivity index (χ4v) is 1.75. The number of hydrogen-bond acceptors (Lipinski definition) is 3. The average molecular weight is 247 g/mol. The Morgan fingerprint density at radius 3 is 2.35 bits per heavy atom. The summed E-state index contributed by atoms with van der Waals surface area (Å²) in [5.41, 5.74) is 2.60. The zero-order valence-electron chi connectivity index (χ0n) is 9.12. The largest absolute Gasteiger partial charge is 0.406 e. The van der Waals surface area contributed by atoms with Crippen molar-refractivity contribution in [3.05, 3.63) is 24.3 Å². The second-order valence-electron chi connectivity index (χ2n) is 3.94. The number of Topliss-reactive ketones (excluding diaryl/α,β-unsaturated/α-hetero) is 2. The van der Waals surface area contributed by atoms with Crippen LogP contribution in [-0.4, -0.2) is 23.8 Å². The molecule has 94 valence electrons. The molecule has 0 aromatic rings. The topological polar surface area (TPSA) is 60.2 Å². The highest BCUT2D eigenvalue weighted by molar-refractivity contribution is 6.02. The van der Waals surface area contributed by atoms with Gasteiger partial charge in [-0.1, -0.05) is 24.3 Å². The molecule has 0 heterocycles. The first kappa shape index (κ1) is 13.6. The van der Waals surface area contributed by atoms with Crippen LogP contribution in [0.4, 0.5) is 13.2 Å². The van der Waals surface area contributed by atoms with Crippen molar-refractivity contribution in [2.24, 2.45) is 11.1 Å². The number of rotatable bonds is 3. The van der Waals surface area contributed by atoms with Crippen molar-refractivity contribution in [1.82, 2.24) is 0 Å². The molecule has 1 rings (SSSR count). The van der Waals surface area contributed by atoms with Crippen LogP contribution in [0.2, 0.25) is 0 Å². The Balaban J connectivity index is 3.21. The Morgan fingerprint density at radius 2 is 1.94 bits per heavy atom. The highest BCUT2D eigenvalue weighted by Crippen LogP contribution is 2.45. The second kappa shape index (κ2) is 4.44. The van der Waals surface area contributed by atoms with Gasteiger partial charge in [-0.05, 0) is 6.92 Å². The molecule has 2 unspecified atom stereocenters. The maximum Gasteiger partial charge on any atom is 0.406 e. The van der Waals surface area contributed by atoms with Crippen LogP contribution in [0.3, 0.4) is 0 Å². The van der Waals surface area contributed by atoms with E-state index in [2.05, 4.69) is 0 Å². The second-order valence-corrected chi connectivity index (χ2v) is 3.94. The quantitative estimate of drug-likeness (QED) is 0.769. The Hall–Kier alpha value is -1.43. The van der Waals surface area contributed by atoms with Crippen molar-refractivity contribution in [3.63, 3.8) is 0 Å². The maximum absolute atomic E-state index is 13.1. The Kier molecular flexibility index (Phi) is 3.56. The number of halogens is 3. The average Bonchev–Trinajstić information content (AvgIpc) is 2.15. The lowest BCUT2D eigenvalue weighted by Gasteiger charge is -2.36. The van der Waals surface area contributed by atoms with Gasteiger partial charge in [0.05, 0.1) is 6.42 Å². The van der Waals surface area contributed by atoms with E-state index in [0.29, 0.717) is 0 Å². The van der Waals surface area contributed by atoms with E-state index in [1.807, 2.05) is 0 Å². The molecule has 2 atom stereocenters. The minimum Gasteiger partial charge on any atom is -0.323 e. The molecule has 0 bridgehead atoms. The number of ketones is 2. The van der Waals surface area contributed by atoms with E-state index in [0.717, 1.165) is 25.2 Å². The summed E-state index contributed by atoms with van der Waals surface area (Å²) in [7, 11) is 0. The van der Waals surface area contributed by atoms with E-state index < -0.39 is 35.6 Å². The van der Waals surface area contributed by atoms with Crippen molar-refractivity contribution in [1.29, 1.82) is 0 Å². The smallest absolute Gasteiger partial charge is 0.323 e. The molecule has 0 spiro atoms. The van der Waals surface area contributed by atoms with Gasteiger partial charge in [-0.2, -0.15) is 13.2 Å². The molecule has 6 heteroatoms. The lowest BCUT2D eigenvalue weighted by atomic mass is 9.72. The minimum absolute atomic E-state index is 0.617. The van der Waals surface area contributed by atoms with E-state index in [1.54, 1.807) is 0 Å². The molecule has 1 aliphatic rings. The van der Waals surface area contributed by atoms with Crippen LogP contribution in [0.25, 0.3) is 0 Å². The lowest BCUT2D eigenvalue weighted by molar-refractivity contribution is -0.208. The number of carbonyl (C=O) groups excluding carboxylic acids is 2. The summed E-state index contributed by atoms with van der Waals surface area (Å²) in [5, 5.41) is 0. The summed E-state index contributed by atoms with van der Waals surface area (Å²) in [6, 6.07) is -1.50. The number of carbonyl (C=O) groups is 2. The van der Waals surface area contributed by atoms with Gasteiger partial charge in [-0.3, -0.25) is 9.59 Å². The van der Waals surface area contributed by atoms with E-state index in [9.17, 15) is 22.8 Å². The maximum atomic E-state index is 13.1. The highest BCUT2D eigenvalue weighted by atomic mass is 19.4. The normalized spacial score (nSPS) is 28.2. The van der Waals surface area contributed by atoms with Crippen LogP contribution >= 0.6 is 0 Å². The first-order valence-corrected chi connectivity index (χ1v) is 4.93. The minimum atomic E-state index is -4.82. The molecule has 3 nitrogen and oxygen atoms in total. The highest BCUT2D eigenvalue weighted by Gasteiger charge is 2.61. The fraction of sp³-hybridized carbons (Fsp3) is 0.455. The molecule has 1 aliphatic carbocycles. The van der Waals surface area contributed by atoms with Crippen molar-refractivity contribution >= 4 is 11.6 Å². The van der Waals surface area contributed by atoms with Gasteiger partial charge in [-0.15, -0.1) is 0 Å². The van der Waals surface area contributed by atoms with Crippen molar-refractivity contribution in [2.75, 3.05) is 0 Å². The molecule has 0 fully saturated rings. The van der Waals surface area contributed by atoms with Gasteiger partial charge >= 0.3 is 6.18 Å². The van der Waals surface area contributed by atoms with Crippen LogP contribution in [-0.2, 0) is 9.59 Å². The van der Waals surface area contributed by atoms with Crippen LogP contribution in [0.1, 0.15) is 13.3 Å². The van der Waals surface area contributed by atoms with Gasteiger partial charge in [0.25, 0.3) is 0 Å². The molecule has 0 aromatic carbocycles. The summed E-state index contributed by atoms with van der Waals surface area (Å²) in [5.74, 6) is -1.83. The van der Waals surface area contributed by atoms with E-state index in [-0.39, 0.29) is 0 Å². The lowest BCUT2D eigenvalue weighted by Crippen LogP contribution is -2.56. The molecular weight excluding hydrogens is 235 g/mol. The molecule has 0 saturated carbocycles. The Bertz CT molecular complexity index is 398. The molecule has 2 N–H and O–H groups in total. The van der Waals surface area contributed by atoms with E-state index >= 15 is 0 Å². The zero-order chi connectivity index (χ0) is 13.3. The Labute approximate surface area is 96.2 Å². The van der Waals surface area contributed by atoms with Crippen molar-refractivity contribution < 1.29 is 22.8 Å². The van der Waals surface area contributed by atoms with Gasteiger partial charge in [0.2, 0.25) is 0 Å². The number of alkyl halides is 3. The van der Waals surface area contributed by atoms with Crippen molar-refractivity contribution in [3.8, 4) is 0 Å². The molecule has 0 aromatic heterocycles. The molecular formula is C11H12F3NO2. The van der Waals surface area contributed by atoms with E-state index in [4.69, 9.17) is 5.73 Å². The van der Waals surface area contributed by atoms with Gasteiger partial charge in [-0.25, -0.2) is 0 Å². The molecule has 0 saturated heterocycles. The summed E-state index contributed by atoms with van der Waals surface area (Å²) in [4.78, 5) is 22.5. The van der Waals surface area contributed by atoms with Crippen LogP contribution in [0, 0.1) is 5.41 Å². The monoisotopic (exact) mass is 247 g/mol. The van der Waals surface area contributed by atoms with Gasteiger partial charge in [0, 0.05) is 6.04 Å². The zero-order valence-corrected chi connectivity index (χ0v) is 9.12. The molecule has 0 aliphatic heterocycles. The van der Waals surface area contributed by atoms with E-state index in [1.165, 1.54) is 6.08 Å². The predicted octanol–water partition coefficient (Wildman–Crippen LogP) is 1.54. The number of hydrogen-bond donors (Lipinski definition) is 1. The summed E-state index contributed by atoms with van der Waals surface area (Å²) < 4.78 is 39.2. The van der Waals surface area contributed by atoms with Gasteiger partial charge in [0.15, 0.2) is 11.2 Å². The third-order valence-electron chi connectivity index (χ3n) is 2.65. The van der Waals surface area contributed by atoms with Gasteiger partial charge in [0.1, 0.15) is 5.78 Å². The van der Waals surface area contributed by atoms with Crippen LogP contribution in [0.15, 0.2) is 24.3 Å². The summed E-state index contributed by atoms with van der Waals surface area (Å²) in [6.45, 7) is 1.07. The third-order valence-corrected chi connectivity index (χ3v) is 2.65. The van der Waals surface area contributed by atoms with Crippen molar-refractivity contribution in [2.45, 2.75) is 25.6 Å². The summed E-state index contributed by atoms with van der Waals surface area (Å²) in [6.07, 6.45) is -1.30. The molecule has 0 amide bonds. The first-order chi connectivity index (χ1) is 7.72. The van der Waals surface area contributed by atoms with Crippen LogP contribution in [0.5, 0.6) is 0 Å². The number of allylic oxidation sites excluding steroid dienone is 2. The molecule has 17 heavy (non-hydrogen) atoms. The first-order valence-electron chi connectivity index (χ1n) is 4.93. The summed E-state index contributed by atoms with van der Waals surface area (Å²) >= 11 is 0. The molecule has 0 radical (unpaired) electrons. The third kappa shape index (κ3) is 2.31. The predicted molar refractivity (Wildman–Crippen MR) is 55.0 cm³/mol. The standard InChI is InChI=1S/C11H12F3NO2/c1-7(16)6-9(17)10(11(12,13)14)5-3-2-4-8(10)15/h2-5,8H,6,15H2,1H3. The van der Waals surface area contributed by atoms with Gasteiger partial charge < -0.3 is 5.73 Å². The SMILES string of the molecule is CC(=O)CC(=O)C1(C(F)(F)F)C=CC=CC1N. The Morgan fingerprint density at radius 1 is 1.35 bits per heavy atom. The number of nitrogens with two attached hydrogens (primary N) is 1. The van der Waals surface area contributed by atoms with Crippen LogP contribution < -0.4 is 5.73 Å². The fourth-order valence-electron chi connectivity index (χ4n) is 1.75.